The molecule has 4 aliphatic heterocycles. The number of carbonyl (C=O) groups excluding carboxylic acids is 3. The molecule has 4 saturated heterocycles. The molecule has 4 fully saturated rings. The molecule has 5 atom stereocenters. The zero-order valence-electron chi connectivity index (χ0n) is 14.9. The number of ether oxygens (including phenoxy) is 1. The van der Waals surface area contributed by atoms with Crippen molar-refractivity contribution in [2.45, 2.75) is 69.1 Å². The van der Waals surface area contributed by atoms with Crippen LogP contribution in [0.2, 0.25) is 0 Å². The van der Waals surface area contributed by atoms with Gasteiger partial charge in [0.25, 0.3) is 0 Å². The maximum Gasteiger partial charge on any atom is 0.317 e. The van der Waals surface area contributed by atoms with Gasteiger partial charge in [-0.2, -0.15) is 0 Å². The lowest BCUT2D eigenvalue weighted by Crippen LogP contribution is -2.50. The molecule has 0 spiro atoms. The second-order valence-corrected chi connectivity index (χ2v) is 7.63. The van der Waals surface area contributed by atoms with Crippen molar-refractivity contribution in [2.24, 2.45) is 5.92 Å². The monoisotopic (exact) mass is 336 g/mol. The minimum atomic E-state index is -0.538. The van der Waals surface area contributed by atoms with E-state index in [1.54, 1.807) is 0 Å². The van der Waals surface area contributed by atoms with E-state index in [-0.39, 0.29) is 17.8 Å². The number of Topliss-reactive ketones (excluding diaryl/α,β-unsaturated/α-hetero) is 2. The van der Waals surface area contributed by atoms with Crippen LogP contribution < -0.4 is 0 Å². The summed E-state index contributed by atoms with van der Waals surface area (Å²) < 4.78 is 4.67. The van der Waals surface area contributed by atoms with E-state index in [0.29, 0.717) is 30.3 Å². The van der Waals surface area contributed by atoms with Gasteiger partial charge in [-0.05, 0) is 39.8 Å². The maximum atomic E-state index is 11.7. The predicted octanol–water partition coefficient (Wildman–Crippen LogP) is 1.02. The molecule has 0 saturated carbocycles. The first-order valence-electron chi connectivity index (χ1n) is 8.98. The SMILES string of the molecule is CN1C2CCC1CC(=O)C2.COC(=O)C1C(=O)CC2CCC1N2C. The molecule has 0 amide bonds. The van der Waals surface area contributed by atoms with Gasteiger partial charge in [-0.1, -0.05) is 0 Å². The largest absolute Gasteiger partial charge is 0.468 e. The number of hydrogen-bond acceptors (Lipinski definition) is 6. The van der Waals surface area contributed by atoms with Crippen molar-refractivity contribution in [1.29, 1.82) is 0 Å². The Balaban J connectivity index is 0.000000149. The molecule has 6 nitrogen and oxygen atoms in total. The predicted molar refractivity (Wildman–Crippen MR) is 88.5 cm³/mol. The van der Waals surface area contributed by atoms with Gasteiger partial charge in [0.15, 0.2) is 0 Å². The van der Waals surface area contributed by atoms with Crippen molar-refractivity contribution in [1.82, 2.24) is 9.80 Å². The first-order chi connectivity index (χ1) is 11.4. The van der Waals surface area contributed by atoms with Crippen LogP contribution in [0.25, 0.3) is 0 Å². The van der Waals surface area contributed by atoms with Crippen LogP contribution in [0.3, 0.4) is 0 Å². The summed E-state index contributed by atoms with van der Waals surface area (Å²) in [5.41, 5.74) is 0. The molecule has 6 heteroatoms. The molecule has 0 N–H and O–H groups in total. The van der Waals surface area contributed by atoms with Crippen LogP contribution in [0.1, 0.15) is 44.9 Å². The molecule has 0 aliphatic carbocycles. The Kier molecular flexibility index (Phi) is 5.06. The Morgan fingerprint density at radius 2 is 1.46 bits per heavy atom. The molecular formula is C18H28N2O4. The van der Waals surface area contributed by atoms with Crippen molar-refractivity contribution >= 4 is 17.5 Å². The van der Waals surface area contributed by atoms with Crippen LogP contribution in [0.15, 0.2) is 0 Å². The summed E-state index contributed by atoms with van der Waals surface area (Å²) in [7, 11) is 5.48. The third kappa shape index (κ3) is 3.14. The first-order valence-corrected chi connectivity index (χ1v) is 8.98. The van der Waals surface area contributed by atoms with Gasteiger partial charge in [-0.3, -0.25) is 24.2 Å². The van der Waals surface area contributed by atoms with Crippen LogP contribution in [0, 0.1) is 5.92 Å². The highest BCUT2D eigenvalue weighted by Crippen LogP contribution is 2.36. The molecule has 0 aromatic carbocycles. The Hall–Kier alpha value is -1.27. The van der Waals surface area contributed by atoms with E-state index in [9.17, 15) is 14.4 Å². The van der Waals surface area contributed by atoms with Crippen molar-refractivity contribution < 1.29 is 19.1 Å². The number of esters is 1. The Morgan fingerprint density at radius 1 is 0.917 bits per heavy atom. The third-order valence-corrected chi connectivity index (χ3v) is 6.43. The average Bonchev–Trinajstić information content (AvgIpc) is 2.92. The van der Waals surface area contributed by atoms with E-state index in [4.69, 9.17) is 0 Å². The first kappa shape index (κ1) is 17.5. The van der Waals surface area contributed by atoms with E-state index in [1.807, 2.05) is 7.05 Å². The fraction of sp³-hybridized carbons (Fsp3) is 0.833. The number of piperidine rings is 2. The number of nitrogens with zero attached hydrogens (tertiary/aromatic N) is 2. The van der Waals surface area contributed by atoms with E-state index < -0.39 is 5.92 Å². The molecule has 4 bridgehead atoms. The maximum absolute atomic E-state index is 11.7. The minimum Gasteiger partial charge on any atom is -0.468 e. The van der Waals surface area contributed by atoms with E-state index in [2.05, 4.69) is 21.6 Å². The minimum absolute atomic E-state index is 0.0578. The lowest BCUT2D eigenvalue weighted by atomic mass is 9.89. The highest BCUT2D eigenvalue weighted by atomic mass is 16.5. The second-order valence-electron chi connectivity index (χ2n) is 7.63. The molecule has 0 aromatic heterocycles. The lowest BCUT2D eigenvalue weighted by Gasteiger charge is -2.34. The smallest absolute Gasteiger partial charge is 0.317 e. The molecule has 0 radical (unpaired) electrons. The highest BCUT2D eigenvalue weighted by Gasteiger charge is 2.48. The van der Waals surface area contributed by atoms with E-state index in [0.717, 1.165) is 25.7 Å². The quantitative estimate of drug-likeness (QED) is 0.526. The molecule has 134 valence electrons. The molecular weight excluding hydrogens is 308 g/mol. The van der Waals surface area contributed by atoms with Crippen molar-refractivity contribution in [2.75, 3.05) is 21.2 Å². The van der Waals surface area contributed by atoms with E-state index in [1.165, 1.54) is 20.0 Å². The molecule has 4 rings (SSSR count). The van der Waals surface area contributed by atoms with Crippen LogP contribution in [0.5, 0.6) is 0 Å². The van der Waals surface area contributed by atoms with Gasteiger partial charge < -0.3 is 4.74 Å². The standard InChI is InChI=1S/C10H15NO3.C8H13NO/c1-11-6-3-4-7(11)9(8(12)5-6)10(13)14-2;1-9-6-2-3-7(9)5-8(10)4-6/h6-7,9H,3-5H2,1-2H3;6-7H,2-5H2,1H3. The van der Waals surface area contributed by atoms with Crippen LogP contribution >= 0.6 is 0 Å². The van der Waals surface area contributed by atoms with Gasteiger partial charge in [0, 0.05) is 43.4 Å². The summed E-state index contributed by atoms with van der Waals surface area (Å²) in [6, 6.07) is 1.61. The Bertz CT molecular complexity index is 519. The molecule has 0 aromatic rings. The van der Waals surface area contributed by atoms with E-state index >= 15 is 0 Å². The average molecular weight is 336 g/mol. The zero-order chi connectivity index (χ0) is 17.4. The number of methoxy groups -OCH3 is 1. The number of hydrogen-bond donors (Lipinski definition) is 0. The van der Waals surface area contributed by atoms with Gasteiger partial charge >= 0.3 is 5.97 Å². The molecule has 5 unspecified atom stereocenters. The second kappa shape index (κ2) is 6.92. The summed E-state index contributed by atoms with van der Waals surface area (Å²) in [6.07, 6.45) is 6.58. The number of carbonyl (C=O) groups is 3. The summed E-state index contributed by atoms with van der Waals surface area (Å²) >= 11 is 0. The molecule has 4 aliphatic rings. The fourth-order valence-corrected chi connectivity index (χ4v) is 4.87. The van der Waals surface area contributed by atoms with Gasteiger partial charge in [-0.15, -0.1) is 0 Å². The number of ketones is 2. The normalized spacial score (nSPS) is 38.7. The molecule has 24 heavy (non-hydrogen) atoms. The lowest BCUT2D eigenvalue weighted by molar-refractivity contribution is -0.154. The topological polar surface area (TPSA) is 66.9 Å². The number of rotatable bonds is 1. The fourth-order valence-electron chi connectivity index (χ4n) is 4.87. The van der Waals surface area contributed by atoms with Gasteiger partial charge in [0.05, 0.1) is 7.11 Å². The van der Waals surface area contributed by atoms with Crippen LogP contribution in [-0.4, -0.2) is 72.7 Å². The number of fused-ring (bicyclic) bond motifs is 4. The van der Waals surface area contributed by atoms with Gasteiger partial charge in [0.2, 0.25) is 0 Å². The van der Waals surface area contributed by atoms with Crippen LogP contribution in [-0.2, 0) is 19.1 Å². The third-order valence-electron chi connectivity index (χ3n) is 6.43. The van der Waals surface area contributed by atoms with Gasteiger partial charge in [0.1, 0.15) is 17.5 Å². The Labute approximate surface area is 143 Å². The van der Waals surface area contributed by atoms with Crippen molar-refractivity contribution in [3.8, 4) is 0 Å². The van der Waals surface area contributed by atoms with Gasteiger partial charge in [-0.25, -0.2) is 0 Å². The Morgan fingerprint density at radius 3 is 2.04 bits per heavy atom. The zero-order valence-corrected chi connectivity index (χ0v) is 14.9. The summed E-state index contributed by atoms with van der Waals surface area (Å²) in [4.78, 5) is 38.7. The van der Waals surface area contributed by atoms with Crippen LogP contribution in [0.4, 0.5) is 0 Å². The summed E-state index contributed by atoms with van der Waals surface area (Å²) in [5, 5.41) is 0. The van der Waals surface area contributed by atoms with Crippen molar-refractivity contribution in [3.63, 3.8) is 0 Å². The molecule has 4 heterocycles. The van der Waals surface area contributed by atoms with Crippen molar-refractivity contribution in [3.05, 3.63) is 0 Å². The highest BCUT2D eigenvalue weighted by molar-refractivity contribution is 6.00. The summed E-state index contributed by atoms with van der Waals surface area (Å²) in [5.74, 6) is -0.371. The summed E-state index contributed by atoms with van der Waals surface area (Å²) in [6.45, 7) is 0.